The minimum atomic E-state index is -0.647. The van der Waals surface area contributed by atoms with Gasteiger partial charge in [0.05, 0.1) is 32.3 Å². The van der Waals surface area contributed by atoms with Crippen molar-refractivity contribution in [2.45, 2.75) is 12.5 Å². The topological polar surface area (TPSA) is 98.2 Å². The first kappa shape index (κ1) is 19.0. The number of piperazine rings is 1. The SMILES string of the molecule is COC(=O)C[C@@H]1C(=O)NCC[NH+]1CC(=O)Nc1ccc(OC)c(Cl)c1. The van der Waals surface area contributed by atoms with Crippen LogP contribution < -0.4 is 20.3 Å². The van der Waals surface area contributed by atoms with E-state index in [1.165, 1.54) is 14.2 Å². The number of hydrogen-bond acceptors (Lipinski definition) is 5. The summed E-state index contributed by atoms with van der Waals surface area (Å²) < 4.78 is 9.69. The molecule has 0 aromatic heterocycles. The zero-order valence-corrected chi connectivity index (χ0v) is 14.8. The first-order valence-corrected chi connectivity index (χ1v) is 8.15. The van der Waals surface area contributed by atoms with Gasteiger partial charge in [0, 0.05) is 5.69 Å². The number of esters is 1. The predicted octanol–water partition coefficient (Wildman–Crippen LogP) is -0.766. The molecule has 0 saturated carbocycles. The van der Waals surface area contributed by atoms with Crippen LogP contribution in [-0.2, 0) is 19.1 Å². The van der Waals surface area contributed by atoms with Gasteiger partial charge in [-0.2, -0.15) is 0 Å². The van der Waals surface area contributed by atoms with Crippen LogP contribution in [0.2, 0.25) is 5.02 Å². The van der Waals surface area contributed by atoms with E-state index in [9.17, 15) is 14.4 Å². The number of hydrogen-bond donors (Lipinski definition) is 3. The van der Waals surface area contributed by atoms with Crippen LogP contribution in [-0.4, -0.2) is 57.7 Å². The Morgan fingerprint density at radius 3 is 2.80 bits per heavy atom. The van der Waals surface area contributed by atoms with E-state index in [1.54, 1.807) is 18.2 Å². The average Bonchev–Trinajstić information content (AvgIpc) is 2.58. The summed E-state index contributed by atoms with van der Waals surface area (Å²) >= 11 is 6.03. The van der Waals surface area contributed by atoms with Crippen LogP contribution in [0.3, 0.4) is 0 Å². The van der Waals surface area contributed by atoms with Gasteiger partial charge in [-0.1, -0.05) is 11.6 Å². The highest BCUT2D eigenvalue weighted by Crippen LogP contribution is 2.27. The van der Waals surface area contributed by atoms with E-state index in [1.807, 2.05) is 0 Å². The van der Waals surface area contributed by atoms with E-state index in [-0.39, 0.29) is 24.8 Å². The fourth-order valence-corrected chi connectivity index (χ4v) is 2.94. The lowest BCUT2D eigenvalue weighted by Crippen LogP contribution is -3.20. The maximum atomic E-state index is 12.3. The van der Waals surface area contributed by atoms with E-state index in [0.29, 0.717) is 34.4 Å². The Balaban J connectivity index is 2.00. The fourth-order valence-electron chi connectivity index (χ4n) is 2.68. The van der Waals surface area contributed by atoms with Crippen molar-refractivity contribution in [2.24, 2.45) is 0 Å². The van der Waals surface area contributed by atoms with Gasteiger partial charge < -0.3 is 25.0 Å². The zero-order valence-electron chi connectivity index (χ0n) is 14.1. The molecule has 1 aromatic rings. The summed E-state index contributed by atoms with van der Waals surface area (Å²) in [6, 6.07) is 4.26. The quantitative estimate of drug-likeness (QED) is 0.571. The van der Waals surface area contributed by atoms with Crippen LogP contribution in [0.4, 0.5) is 5.69 Å². The van der Waals surface area contributed by atoms with E-state index < -0.39 is 12.0 Å². The molecule has 3 N–H and O–H groups in total. The molecule has 9 heteroatoms. The first-order valence-electron chi connectivity index (χ1n) is 7.77. The van der Waals surface area contributed by atoms with E-state index in [2.05, 4.69) is 15.4 Å². The molecule has 0 spiro atoms. The predicted molar refractivity (Wildman–Crippen MR) is 90.8 cm³/mol. The molecule has 1 aliphatic rings. The van der Waals surface area contributed by atoms with Crippen molar-refractivity contribution in [1.82, 2.24) is 5.32 Å². The normalized spacial score (nSPS) is 19.7. The summed E-state index contributed by atoms with van der Waals surface area (Å²) in [5.41, 5.74) is 0.529. The van der Waals surface area contributed by atoms with E-state index >= 15 is 0 Å². The van der Waals surface area contributed by atoms with Gasteiger partial charge in [-0.15, -0.1) is 0 Å². The van der Waals surface area contributed by atoms with Crippen LogP contribution in [0.5, 0.6) is 5.75 Å². The third-order valence-corrected chi connectivity index (χ3v) is 4.27. The first-order chi connectivity index (χ1) is 11.9. The van der Waals surface area contributed by atoms with Crippen LogP contribution in [0.1, 0.15) is 6.42 Å². The van der Waals surface area contributed by atoms with Crippen LogP contribution >= 0.6 is 11.6 Å². The number of amides is 2. The Morgan fingerprint density at radius 2 is 2.16 bits per heavy atom. The minimum absolute atomic E-state index is 0.0543. The maximum absolute atomic E-state index is 12.3. The van der Waals surface area contributed by atoms with Crippen LogP contribution in [0.15, 0.2) is 18.2 Å². The number of halogens is 1. The Labute approximate surface area is 150 Å². The summed E-state index contributed by atoms with van der Waals surface area (Å²) in [4.78, 5) is 36.5. The van der Waals surface area contributed by atoms with Crippen molar-refractivity contribution in [2.75, 3.05) is 39.2 Å². The molecule has 1 unspecified atom stereocenters. The Kier molecular flexibility index (Phi) is 6.60. The third-order valence-electron chi connectivity index (χ3n) is 3.98. The molecule has 1 aromatic carbocycles. The summed E-state index contributed by atoms with van der Waals surface area (Å²) in [5.74, 6) is -0.509. The Morgan fingerprint density at radius 1 is 1.40 bits per heavy atom. The molecule has 1 aliphatic heterocycles. The molecule has 2 amide bonds. The van der Waals surface area contributed by atoms with Gasteiger partial charge in [-0.05, 0) is 18.2 Å². The molecule has 136 valence electrons. The number of methoxy groups -OCH3 is 2. The molecule has 25 heavy (non-hydrogen) atoms. The summed E-state index contributed by atoms with van der Waals surface area (Å²) in [6.45, 7) is 1.05. The second kappa shape index (κ2) is 8.68. The van der Waals surface area contributed by atoms with Gasteiger partial charge in [0.2, 0.25) is 0 Å². The lowest BCUT2D eigenvalue weighted by atomic mass is 10.1. The molecule has 2 atom stereocenters. The number of quaternary nitrogens is 1. The molecule has 0 aliphatic carbocycles. The highest BCUT2D eigenvalue weighted by Gasteiger charge is 2.36. The van der Waals surface area contributed by atoms with Crippen molar-refractivity contribution in [3.05, 3.63) is 23.2 Å². The van der Waals surface area contributed by atoms with Gasteiger partial charge in [0.1, 0.15) is 12.2 Å². The molecule has 2 rings (SSSR count). The van der Waals surface area contributed by atoms with Crippen LogP contribution in [0.25, 0.3) is 0 Å². The van der Waals surface area contributed by atoms with Crippen molar-refractivity contribution in [3.63, 3.8) is 0 Å². The van der Waals surface area contributed by atoms with Crippen molar-refractivity contribution >= 4 is 35.1 Å². The Hall–Kier alpha value is -2.32. The standard InChI is InChI=1S/C16H20ClN3O5/c1-24-13-4-3-10(7-11(13)17)19-14(21)9-20-6-5-18-16(23)12(20)8-15(22)25-2/h3-4,7,12H,5-6,8-9H2,1-2H3,(H,18,23)(H,19,21)/p+1/t12-/m1/s1. The minimum Gasteiger partial charge on any atom is -0.495 e. The largest absolute Gasteiger partial charge is 0.495 e. The molecule has 8 nitrogen and oxygen atoms in total. The number of rotatable bonds is 6. The average molecular weight is 371 g/mol. The number of anilines is 1. The third kappa shape index (κ3) is 5.07. The lowest BCUT2D eigenvalue weighted by molar-refractivity contribution is -0.909. The smallest absolute Gasteiger partial charge is 0.312 e. The monoisotopic (exact) mass is 370 g/mol. The van der Waals surface area contributed by atoms with Crippen molar-refractivity contribution in [3.8, 4) is 5.75 Å². The molecular formula is C16H21ClN3O5+. The number of nitrogens with one attached hydrogen (secondary N) is 3. The molecule has 1 heterocycles. The summed E-state index contributed by atoms with van der Waals surface area (Å²) in [5, 5.41) is 5.82. The molecule has 1 saturated heterocycles. The highest BCUT2D eigenvalue weighted by atomic mass is 35.5. The molecule has 0 bridgehead atoms. The second-order valence-electron chi connectivity index (χ2n) is 5.61. The van der Waals surface area contributed by atoms with Crippen LogP contribution in [0, 0.1) is 0 Å². The molecular weight excluding hydrogens is 350 g/mol. The highest BCUT2D eigenvalue weighted by molar-refractivity contribution is 6.32. The molecule has 1 fully saturated rings. The second-order valence-corrected chi connectivity index (χ2v) is 6.01. The lowest BCUT2D eigenvalue weighted by Gasteiger charge is -2.30. The zero-order chi connectivity index (χ0) is 18.4. The number of ether oxygens (including phenoxy) is 2. The number of benzene rings is 1. The van der Waals surface area contributed by atoms with E-state index in [0.717, 1.165) is 0 Å². The number of carbonyl (C=O) groups excluding carboxylic acids is 3. The van der Waals surface area contributed by atoms with Gasteiger partial charge in [-0.3, -0.25) is 14.4 Å². The van der Waals surface area contributed by atoms with E-state index in [4.69, 9.17) is 16.3 Å². The summed E-state index contributed by atoms with van der Waals surface area (Å²) in [7, 11) is 2.77. The summed E-state index contributed by atoms with van der Waals surface area (Å²) in [6.07, 6.45) is -0.0701. The maximum Gasteiger partial charge on any atom is 0.312 e. The number of carbonyl (C=O) groups is 3. The molecule has 0 radical (unpaired) electrons. The van der Waals surface area contributed by atoms with Crippen molar-refractivity contribution in [1.29, 1.82) is 0 Å². The van der Waals surface area contributed by atoms with Gasteiger partial charge in [0.25, 0.3) is 11.8 Å². The fraction of sp³-hybridized carbons (Fsp3) is 0.438. The van der Waals surface area contributed by atoms with Gasteiger partial charge >= 0.3 is 5.97 Å². The van der Waals surface area contributed by atoms with Gasteiger partial charge in [0.15, 0.2) is 12.6 Å². The van der Waals surface area contributed by atoms with Crippen molar-refractivity contribution < 1.29 is 28.8 Å². The van der Waals surface area contributed by atoms with Gasteiger partial charge in [-0.25, -0.2) is 0 Å². The Bertz CT molecular complexity index is 667.